The number of hydrogen-bond acceptors (Lipinski definition) is 4. The molecular weight excluding hydrogens is 507 g/mol. The molecule has 0 aliphatic carbocycles. The molecule has 5 nitrogen and oxygen atoms in total. The van der Waals surface area contributed by atoms with E-state index in [2.05, 4.69) is 77.3 Å². The van der Waals surface area contributed by atoms with Crippen LogP contribution in [0.15, 0.2) is 85.2 Å². The summed E-state index contributed by atoms with van der Waals surface area (Å²) in [6.07, 6.45) is 8.24. The van der Waals surface area contributed by atoms with Gasteiger partial charge in [0.2, 0.25) is 8.32 Å². The van der Waals surface area contributed by atoms with Crippen LogP contribution in [0, 0.1) is 0 Å². The SMILES string of the molecule is CC(C)(C)[Si](C)(C)O/C=C\[C@H](C/C=C/C(=O)N1C(=O)OC[C@@H]1Cc1ccccc1)[Si](C)(C)c1ccccc1. The van der Waals surface area contributed by atoms with Crippen LogP contribution in [-0.4, -0.2) is 45.9 Å². The highest BCUT2D eigenvalue weighted by Gasteiger charge is 2.39. The fourth-order valence-electron chi connectivity index (χ4n) is 4.34. The molecule has 1 aliphatic rings. The van der Waals surface area contributed by atoms with E-state index in [1.807, 2.05) is 48.7 Å². The maximum absolute atomic E-state index is 13.1. The third-order valence-corrected chi connectivity index (χ3v) is 16.5. The van der Waals surface area contributed by atoms with Gasteiger partial charge in [0.25, 0.3) is 5.91 Å². The molecule has 0 saturated carbocycles. The van der Waals surface area contributed by atoms with Crippen molar-refractivity contribution in [2.45, 2.75) is 76.4 Å². The number of hydrogen-bond donors (Lipinski definition) is 0. The lowest BCUT2D eigenvalue weighted by molar-refractivity contribution is -0.124. The quantitative estimate of drug-likeness (QED) is 0.181. The summed E-state index contributed by atoms with van der Waals surface area (Å²) in [6.45, 7) is 16.1. The van der Waals surface area contributed by atoms with Crippen LogP contribution in [0.4, 0.5) is 4.79 Å². The number of carbonyl (C=O) groups is 2. The van der Waals surface area contributed by atoms with Crippen molar-refractivity contribution in [3.05, 3.63) is 90.7 Å². The van der Waals surface area contributed by atoms with Crippen LogP contribution in [0.25, 0.3) is 0 Å². The topological polar surface area (TPSA) is 55.8 Å². The summed E-state index contributed by atoms with van der Waals surface area (Å²) in [5, 5.41) is 1.47. The van der Waals surface area contributed by atoms with Crippen molar-refractivity contribution < 1.29 is 18.8 Å². The molecule has 7 heteroatoms. The van der Waals surface area contributed by atoms with Crippen molar-refractivity contribution in [2.75, 3.05) is 6.61 Å². The van der Waals surface area contributed by atoms with Crippen LogP contribution in [0.2, 0.25) is 36.8 Å². The molecule has 0 radical (unpaired) electrons. The van der Waals surface area contributed by atoms with Crippen LogP contribution in [0.1, 0.15) is 32.8 Å². The molecule has 0 aromatic heterocycles. The summed E-state index contributed by atoms with van der Waals surface area (Å²) in [7, 11) is -3.88. The zero-order valence-corrected chi connectivity index (χ0v) is 25.9. The van der Waals surface area contributed by atoms with Crippen molar-refractivity contribution in [2.24, 2.45) is 0 Å². The molecule has 2 amide bonds. The summed E-state index contributed by atoms with van der Waals surface area (Å²) in [4.78, 5) is 26.8. The van der Waals surface area contributed by atoms with Gasteiger partial charge in [0.1, 0.15) is 6.61 Å². The predicted octanol–water partition coefficient (Wildman–Crippen LogP) is 7.04. The first kappa shape index (κ1) is 29.6. The first-order valence-corrected chi connectivity index (χ1v) is 19.4. The van der Waals surface area contributed by atoms with Gasteiger partial charge in [-0.05, 0) is 48.2 Å². The fourth-order valence-corrected chi connectivity index (χ4v) is 7.88. The summed E-state index contributed by atoms with van der Waals surface area (Å²) >= 11 is 0. The van der Waals surface area contributed by atoms with E-state index in [1.54, 1.807) is 0 Å². The number of ether oxygens (including phenoxy) is 1. The van der Waals surface area contributed by atoms with E-state index in [9.17, 15) is 9.59 Å². The number of rotatable bonds is 10. The third kappa shape index (κ3) is 7.35. The minimum atomic E-state index is -1.95. The van der Waals surface area contributed by atoms with E-state index in [0.717, 1.165) is 5.56 Å². The molecule has 0 unspecified atom stereocenters. The zero-order valence-electron chi connectivity index (χ0n) is 23.9. The second-order valence-electron chi connectivity index (χ2n) is 12.2. The zero-order chi connectivity index (χ0) is 28.0. The monoisotopic (exact) mass is 549 g/mol. The second kappa shape index (κ2) is 12.3. The molecule has 1 heterocycles. The Bertz CT molecular complexity index is 1140. The van der Waals surface area contributed by atoms with Gasteiger partial charge in [-0.25, -0.2) is 9.69 Å². The molecule has 2 aromatic carbocycles. The molecule has 2 atom stereocenters. The van der Waals surface area contributed by atoms with Gasteiger partial charge in [0.15, 0.2) is 0 Å². The molecule has 1 fully saturated rings. The van der Waals surface area contributed by atoms with E-state index in [1.165, 1.54) is 16.2 Å². The number of benzene rings is 2. The lowest BCUT2D eigenvalue weighted by atomic mass is 10.1. The van der Waals surface area contributed by atoms with Gasteiger partial charge in [-0.3, -0.25) is 4.79 Å². The largest absolute Gasteiger partial charge is 0.549 e. The van der Waals surface area contributed by atoms with E-state index in [4.69, 9.17) is 9.16 Å². The van der Waals surface area contributed by atoms with E-state index < -0.39 is 22.5 Å². The molecule has 1 saturated heterocycles. The minimum absolute atomic E-state index is 0.117. The highest BCUT2D eigenvalue weighted by atomic mass is 28.4. The number of nitrogens with zero attached hydrogens (tertiary/aromatic N) is 1. The van der Waals surface area contributed by atoms with Gasteiger partial charge in [-0.1, -0.05) is 112 Å². The lowest BCUT2D eigenvalue weighted by Crippen LogP contribution is -2.45. The Kier molecular flexibility index (Phi) is 9.60. The number of amides is 2. The normalized spacial score (nSPS) is 17.7. The van der Waals surface area contributed by atoms with Crippen molar-refractivity contribution >= 4 is 33.6 Å². The van der Waals surface area contributed by atoms with Gasteiger partial charge in [0, 0.05) is 0 Å². The highest BCUT2D eigenvalue weighted by molar-refractivity contribution is 6.91. The van der Waals surface area contributed by atoms with E-state index in [0.29, 0.717) is 12.8 Å². The first-order chi connectivity index (χ1) is 17.8. The van der Waals surface area contributed by atoms with Gasteiger partial charge < -0.3 is 9.16 Å². The average Bonchev–Trinajstić information content (AvgIpc) is 3.23. The second-order valence-corrected chi connectivity index (χ2v) is 21.7. The van der Waals surface area contributed by atoms with Crippen molar-refractivity contribution in [1.82, 2.24) is 4.90 Å². The third-order valence-electron chi connectivity index (χ3n) is 8.09. The Hall–Kier alpha value is -2.91. The van der Waals surface area contributed by atoms with Crippen LogP contribution in [0.5, 0.6) is 0 Å². The van der Waals surface area contributed by atoms with Crippen molar-refractivity contribution in [3.8, 4) is 0 Å². The van der Waals surface area contributed by atoms with E-state index >= 15 is 0 Å². The predicted molar refractivity (Wildman–Crippen MR) is 161 cm³/mol. The van der Waals surface area contributed by atoms with Gasteiger partial charge in [-0.15, -0.1) is 0 Å². The molecule has 204 valence electrons. The molecule has 0 bridgehead atoms. The summed E-state index contributed by atoms with van der Waals surface area (Å²) in [5.74, 6) is -0.326. The maximum Gasteiger partial charge on any atom is 0.417 e. The smallest absolute Gasteiger partial charge is 0.417 e. The molecule has 1 aliphatic heterocycles. The van der Waals surface area contributed by atoms with Crippen LogP contribution in [0.3, 0.4) is 0 Å². The molecule has 0 spiro atoms. The maximum atomic E-state index is 13.1. The summed E-state index contributed by atoms with van der Waals surface area (Å²) < 4.78 is 11.6. The lowest BCUT2D eigenvalue weighted by Gasteiger charge is -2.35. The first-order valence-electron chi connectivity index (χ1n) is 13.4. The molecule has 0 N–H and O–H groups in total. The van der Waals surface area contributed by atoms with Crippen molar-refractivity contribution in [1.29, 1.82) is 0 Å². The Morgan fingerprint density at radius 1 is 1.05 bits per heavy atom. The van der Waals surface area contributed by atoms with Gasteiger partial charge >= 0.3 is 6.09 Å². The molecular formula is C31H43NO4Si2. The van der Waals surface area contributed by atoms with Crippen LogP contribution >= 0.6 is 0 Å². The minimum Gasteiger partial charge on any atom is -0.549 e. The Labute approximate surface area is 230 Å². The molecule has 2 aromatic rings. The Balaban J connectivity index is 1.76. The van der Waals surface area contributed by atoms with Gasteiger partial charge in [0.05, 0.1) is 20.4 Å². The summed E-state index contributed by atoms with van der Waals surface area (Å²) in [6, 6.07) is 20.2. The Morgan fingerprint density at radius 2 is 1.66 bits per heavy atom. The molecule has 3 rings (SSSR count). The number of imide groups is 1. The highest BCUT2D eigenvalue weighted by Crippen LogP contribution is 2.37. The fraction of sp³-hybridized carbons (Fsp3) is 0.419. The number of allylic oxidation sites excluding steroid dienone is 2. The Morgan fingerprint density at radius 3 is 2.26 bits per heavy atom. The van der Waals surface area contributed by atoms with Crippen LogP contribution < -0.4 is 5.19 Å². The number of cyclic esters (lactones) is 1. The molecule has 38 heavy (non-hydrogen) atoms. The summed E-state index contributed by atoms with van der Waals surface area (Å²) in [5.41, 5.74) is 1.28. The van der Waals surface area contributed by atoms with Crippen molar-refractivity contribution in [3.63, 3.8) is 0 Å². The standard InChI is InChI=1S/C31H43NO4Si2/c1-31(2,3)38(6,7)36-22-21-28(37(4,5)27-17-12-9-13-18-27)19-14-20-29(33)32-26(24-35-30(32)34)23-25-15-10-8-11-16-25/h8-18,20-22,26,28H,19,23-24H2,1-7H3/b20-14+,22-21-/t26-,28-/m0/s1. The van der Waals surface area contributed by atoms with Gasteiger partial charge in [-0.2, -0.15) is 0 Å². The van der Waals surface area contributed by atoms with Crippen LogP contribution in [-0.2, 0) is 20.4 Å². The van der Waals surface area contributed by atoms with E-state index in [-0.39, 0.29) is 29.1 Å². The number of carbonyl (C=O) groups excluding carboxylic acids is 2. The average molecular weight is 550 g/mol.